The van der Waals surface area contributed by atoms with Crippen LogP contribution in [0.15, 0.2) is 0 Å². The molecule has 0 rings (SSSR count). The molecule has 0 N–H and O–H groups in total. The van der Waals surface area contributed by atoms with E-state index in [2.05, 4.69) is 101 Å². The number of carbonyl (C=O) groups is 12. The van der Waals surface area contributed by atoms with E-state index in [9.17, 15) is 57.5 Å². The van der Waals surface area contributed by atoms with Gasteiger partial charge in [0.1, 0.15) is 79.3 Å². The van der Waals surface area contributed by atoms with E-state index in [0.717, 1.165) is 0 Å². The monoisotopic (exact) mass is 1410 g/mol. The van der Waals surface area contributed by atoms with Crippen molar-refractivity contribution in [3.63, 3.8) is 0 Å². The third kappa shape index (κ3) is 50.1. The van der Waals surface area contributed by atoms with Crippen molar-refractivity contribution in [2.75, 3.05) is 125 Å². The van der Waals surface area contributed by atoms with E-state index in [-0.39, 0.29) is 177 Å². The fourth-order valence-corrected chi connectivity index (χ4v) is 6.73. The average molecular weight is 1410 g/mol. The first-order chi connectivity index (χ1) is 41.6. The van der Waals surface area contributed by atoms with Crippen LogP contribution in [0.3, 0.4) is 0 Å². The Labute approximate surface area is 562 Å². The molecule has 0 aromatic carbocycles. The number of carbonyl (C=O) groups excluding carboxylic acids is 12. The first-order valence-corrected chi connectivity index (χ1v) is 33.4. The summed E-state index contributed by atoms with van der Waals surface area (Å²) in [5, 5.41) is 0. The van der Waals surface area contributed by atoms with Crippen molar-refractivity contribution in [2.45, 2.75) is 132 Å². The molecule has 0 heterocycles. The fourth-order valence-electron chi connectivity index (χ4n) is 5.64. The lowest BCUT2D eigenvalue weighted by Crippen LogP contribution is -2.39. The summed E-state index contributed by atoms with van der Waals surface area (Å²) in [7, 11) is 0. The SMILES string of the molecule is CCC(=O)OCC(C)(COC(=O)CS)COC(=O)CS.CCC(=O)OCC(CC)(COC(=O)CS)COC(=O)CS.CCCC(=O)OCC(C)(COC(=O)CCS)COC(=O)CCS.CCCC(=O)OCC(CC)(COC(=O)CCS)COC(=O)CCS. The van der Waals surface area contributed by atoms with Crippen LogP contribution < -0.4 is 0 Å². The zero-order valence-electron chi connectivity index (χ0n) is 52.0. The molecule has 0 aromatic rings. The predicted molar refractivity (Wildman–Crippen MR) is 353 cm³/mol. The molecule has 0 aliphatic rings. The van der Waals surface area contributed by atoms with E-state index in [1.54, 1.807) is 27.7 Å². The largest absolute Gasteiger partial charge is 0.465 e. The highest BCUT2D eigenvalue weighted by molar-refractivity contribution is 7.81. The van der Waals surface area contributed by atoms with Crippen LogP contribution in [0.2, 0.25) is 0 Å². The Bertz CT molecular complexity index is 1840. The summed E-state index contributed by atoms with van der Waals surface area (Å²) in [6.07, 6.45) is 4.27. The van der Waals surface area contributed by atoms with Crippen LogP contribution >= 0.6 is 101 Å². The molecule has 88 heavy (non-hydrogen) atoms. The van der Waals surface area contributed by atoms with Gasteiger partial charge in [0.25, 0.3) is 0 Å². The molecule has 24 nitrogen and oxygen atoms in total. The Kier molecular flexibility index (Phi) is 58.0. The Balaban J connectivity index is -0.000000536. The second-order valence-corrected chi connectivity index (χ2v) is 23.0. The molecule has 0 bridgehead atoms. The summed E-state index contributed by atoms with van der Waals surface area (Å²) in [5.74, 6) is -3.59. The number of ether oxygens (including phenoxy) is 12. The Hall–Kier alpha value is -3.56. The van der Waals surface area contributed by atoms with E-state index in [1.807, 2.05) is 27.7 Å². The second-order valence-electron chi connectivity index (χ2n) is 20.0. The van der Waals surface area contributed by atoms with Crippen molar-refractivity contribution in [1.29, 1.82) is 0 Å². The highest BCUT2D eigenvalue weighted by Gasteiger charge is 2.36. The maximum absolute atomic E-state index is 11.6. The molecule has 0 aliphatic carbocycles. The van der Waals surface area contributed by atoms with Crippen molar-refractivity contribution >= 4 is 173 Å². The summed E-state index contributed by atoms with van der Waals surface area (Å²) < 4.78 is 61.4. The standard InChI is InChI=1S/C16H28O6S2.C15H26O6S2.C13H22O6S2.C12H20O6S2/c1-3-5-13(17)20-10-16(4-2,11-21-14(18)6-8-23)12-22-15(19)7-9-24;1-3-4-12(16)19-9-15(2,10-20-13(17)5-7-22)11-21-14(18)6-8-23;1-3-10(14)17-7-13(4-2,8-18-11(15)5-20)9-19-12(16)6-21;1-3-9(13)16-6-12(2,7-17-10(14)4-19)8-18-11(15)5-20/h23-24H,3-12H2,1-2H3;22-23H,3-11H2,1-2H3;20-21H,3-9H2,1-2H3;19-20H,3-8H2,1-2H3. The summed E-state index contributed by atoms with van der Waals surface area (Å²) >= 11 is 31.1. The van der Waals surface area contributed by atoms with Crippen molar-refractivity contribution in [3.05, 3.63) is 0 Å². The molecule has 0 aliphatic heterocycles. The Morgan fingerprint density at radius 3 is 0.602 bits per heavy atom. The lowest BCUT2D eigenvalue weighted by Gasteiger charge is -2.31. The maximum atomic E-state index is 11.6. The molecule has 0 unspecified atom stereocenters. The molecule has 0 fully saturated rings. The topological polar surface area (TPSA) is 316 Å². The van der Waals surface area contributed by atoms with Gasteiger partial charge in [-0.3, -0.25) is 57.5 Å². The summed E-state index contributed by atoms with van der Waals surface area (Å²) in [4.78, 5) is 136. The van der Waals surface area contributed by atoms with E-state index < -0.39 is 57.5 Å². The lowest BCUT2D eigenvalue weighted by molar-refractivity contribution is -0.164. The molecule has 512 valence electrons. The van der Waals surface area contributed by atoms with Gasteiger partial charge in [0, 0.05) is 48.7 Å². The van der Waals surface area contributed by atoms with Crippen LogP contribution in [0.5, 0.6) is 0 Å². The van der Waals surface area contributed by atoms with Crippen LogP contribution in [0.25, 0.3) is 0 Å². The number of hydrogen-bond donors (Lipinski definition) is 8. The number of thiol groups is 8. The quantitative estimate of drug-likeness (QED) is 0.0179. The first kappa shape index (κ1) is 90.9. The van der Waals surface area contributed by atoms with Crippen LogP contribution in [-0.4, -0.2) is 197 Å². The van der Waals surface area contributed by atoms with E-state index in [4.69, 9.17) is 56.8 Å². The maximum Gasteiger partial charge on any atom is 0.315 e. The second kappa shape index (κ2) is 56.2. The third-order valence-electron chi connectivity index (χ3n) is 11.5. The molecular weight excluding hydrogens is 1310 g/mol. The Morgan fingerprint density at radius 2 is 0.420 bits per heavy atom. The van der Waals surface area contributed by atoms with Gasteiger partial charge in [-0.05, 0) is 39.5 Å². The van der Waals surface area contributed by atoms with Gasteiger partial charge in [-0.25, -0.2) is 0 Å². The molecule has 0 spiro atoms. The van der Waals surface area contributed by atoms with Crippen molar-refractivity contribution in [1.82, 2.24) is 0 Å². The van der Waals surface area contributed by atoms with Gasteiger partial charge < -0.3 is 56.8 Å². The minimum atomic E-state index is -0.804. The van der Waals surface area contributed by atoms with Crippen LogP contribution in [0.4, 0.5) is 0 Å². The summed E-state index contributed by atoms with van der Waals surface area (Å²) in [6.45, 7) is 14.2. The average Bonchev–Trinajstić information content (AvgIpc) is 3.71. The molecule has 32 heteroatoms. The van der Waals surface area contributed by atoms with Gasteiger partial charge in [-0.15, -0.1) is 0 Å². The van der Waals surface area contributed by atoms with Gasteiger partial charge in [0.2, 0.25) is 0 Å². The zero-order valence-corrected chi connectivity index (χ0v) is 59.2. The van der Waals surface area contributed by atoms with Gasteiger partial charge in [-0.2, -0.15) is 101 Å². The normalized spacial score (nSPS) is 10.9. The third-order valence-corrected chi connectivity index (χ3v) is 13.4. The molecule has 0 atom stereocenters. The van der Waals surface area contributed by atoms with E-state index >= 15 is 0 Å². The molecule has 0 saturated heterocycles. The number of esters is 12. The first-order valence-electron chi connectivity index (χ1n) is 28.3. The minimum Gasteiger partial charge on any atom is -0.465 e. The molecule has 0 radical (unpaired) electrons. The fraction of sp³-hybridized carbons (Fsp3) is 0.786. The van der Waals surface area contributed by atoms with Crippen molar-refractivity contribution < 1.29 is 114 Å². The Morgan fingerprint density at radius 1 is 0.250 bits per heavy atom. The summed E-state index contributed by atoms with van der Waals surface area (Å²) in [5.41, 5.74) is -3.10. The van der Waals surface area contributed by atoms with Crippen LogP contribution in [0.1, 0.15) is 132 Å². The van der Waals surface area contributed by atoms with E-state index in [1.165, 1.54) is 0 Å². The predicted octanol–water partition coefficient (Wildman–Crippen LogP) is 6.69. The zero-order chi connectivity index (χ0) is 68.0. The van der Waals surface area contributed by atoms with Crippen molar-refractivity contribution in [3.8, 4) is 0 Å². The highest BCUT2D eigenvalue weighted by Crippen LogP contribution is 2.27. The number of rotatable bonds is 44. The van der Waals surface area contributed by atoms with E-state index in [0.29, 0.717) is 61.5 Å². The van der Waals surface area contributed by atoms with Gasteiger partial charge in [-0.1, -0.05) is 41.5 Å². The highest BCUT2D eigenvalue weighted by atomic mass is 32.1. The van der Waals surface area contributed by atoms with Gasteiger partial charge in [0.15, 0.2) is 0 Å². The smallest absolute Gasteiger partial charge is 0.315 e. The van der Waals surface area contributed by atoms with Crippen LogP contribution in [-0.2, 0) is 114 Å². The molecule has 0 saturated carbocycles. The summed E-state index contributed by atoms with van der Waals surface area (Å²) in [6, 6.07) is 0. The van der Waals surface area contributed by atoms with Crippen molar-refractivity contribution in [2.24, 2.45) is 21.7 Å². The molecule has 0 amide bonds. The van der Waals surface area contributed by atoms with Crippen LogP contribution in [0, 0.1) is 21.7 Å². The number of hydrogen-bond acceptors (Lipinski definition) is 32. The minimum absolute atomic E-state index is 0.00677. The van der Waals surface area contributed by atoms with Gasteiger partial charge >= 0.3 is 71.6 Å². The van der Waals surface area contributed by atoms with Gasteiger partial charge in [0.05, 0.1) is 70.4 Å². The molecular formula is C56H96O24S8. The molecule has 0 aromatic heterocycles. The lowest BCUT2D eigenvalue weighted by atomic mass is 9.88.